The van der Waals surface area contributed by atoms with Gasteiger partial charge in [0, 0.05) is 49.5 Å². The molecule has 2 aromatic heterocycles. The molecule has 0 radical (unpaired) electrons. The van der Waals surface area contributed by atoms with Gasteiger partial charge in [0.1, 0.15) is 5.82 Å². The van der Waals surface area contributed by atoms with Crippen LogP contribution in [-0.2, 0) is 12.7 Å². The second-order valence-electron chi connectivity index (χ2n) is 10.4. The number of ether oxygens (including phenoxy) is 1. The van der Waals surface area contributed by atoms with Crippen molar-refractivity contribution >= 4 is 11.6 Å². The fraction of sp³-hybridized carbons (Fsp3) is 0.519. The number of piperidine rings is 1. The molecule has 3 aromatic rings. The molecule has 2 fully saturated rings. The maximum Gasteiger partial charge on any atom is 0.416 e. The topological polar surface area (TPSA) is 68.1 Å². The van der Waals surface area contributed by atoms with Crippen LogP contribution in [0, 0.1) is 11.8 Å². The van der Waals surface area contributed by atoms with E-state index in [2.05, 4.69) is 15.2 Å². The molecule has 3 atom stereocenters. The zero-order valence-electron chi connectivity index (χ0n) is 20.8. The van der Waals surface area contributed by atoms with Crippen molar-refractivity contribution in [2.75, 3.05) is 30.4 Å². The Bertz CT molecular complexity index is 1250. The Labute approximate surface area is 214 Å². The Balaban J connectivity index is 1.21. The smallest absolute Gasteiger partial charge is 0.416 e. The van der Waals surface area contributed by atoms with E-state index >= 15 is 0 Å². The summed E-state index contributed by atoms with van der Waals surface area (Å²) in [6.07, 6.45) is 2.32. The Morgan fingerprint density at radius 3 is 2.59 bits per heavy atom. The lowest BCUT2D eigenvalue weighted by Crippen LogP contribution is -2.48. The lowest BCUT2D eigenvalue weighted by Gasteiger charge is -2.39. The first-order valence-corrected chi connectivity index (χ1v) is 13.0. The van der Waals surface area contributed by atoms with E-state index < -0.39 is 11.7 Å². The number of methoxy groups -OCH3 is 1. The van der Waals surface area contributed by atoms with Gasteiger partial charge in [0.2, 0.25) is 11.8 Å². The first-order valence-electron chi connectivity index (χ1n) is 13.0. The molecule has 1 unspecified atom stereocenters. The van der Waals surface area contributed by atoms with E-state index in [1.165, 1.54) is 12.1 Å². The van der Waals surface area contributed by atoms with Crippen molar-refractivity contribution in [3.05, 3.63) is 59.5 Å². The van der Waals surface area contributed by atoms with Crippen LogP contribution < -0.4 is 15.0 Å². The van der Waals surface area contributed by atoms with Crippen LogP contribution in [0.2, 0.25) is 0 Å². The van der Waals surface area contributed by atoms with Gasteiger partial charge in [0.15, 0.2) is 0 Å². The van der Waals surface area contributed by atoms with Gasteiger partial charge < -0.3 is 15.0 Å². The van der Waals surface area contributed by atoms with Crippen molar-refractivity contribution in [2.24, 2.45) is 11.8 Å². The second kappa shape index (κ2) is 9.54. The predicted molar refractivity (Wildman–Crippen MR) is 134 cm³/mol. The number of aryl methyl sites for hydroxylation is 1. The van der Waals surface area contributed by atoms with Crippen LogP contribution in [0.15, 0.2) is 42.6 Å². The number of aromatic nitrogens is 4. The molecule has 10 heteroatoms. The fourth-order valence-electron chi connectivity index (χ4n) is 6.35. The first kappa shape index (κ1) is 24.1. The molecule has 6 rings (SSSR count). The summed E-state index contributed by atoms with van der Waals surface area (Å²) in [6.45, 7) is 2.60. The molecule has 4 heterocycles. The van der Waals surface area contributed by atoms with E-state index in [1.54, 1.807) is 19.4 Å². The molecule has 1 aliphatic carbocycles. The van der Waals surface area contributed by atoms with Gasteiger partial charge in [-0.3, -0.25) is 0 Å². The van der Waals surface area contributed by atoms with Gasteiger partial charge in [0.25, 0.3) is 0 Å². The summed E-state index contributed by atoms with van der Waals surface area (Å²) in [7, 11) is 1.63. The number of hydrogen-bond donors (Lipinski definition) is 1. The van der Waals surface area contributed by atoms with Crippen molar-refractivity contribution in [3.8, 4) is 5.88 Å². The van der Waals surface area contributed by atoms with Gasteiger partial charge in [-0.2, -0.15) is 18.2 Å². The van der Waals surface area contributed by atoms with E-state index in [9.17, 15) is 13.2 Å². The molecule has 3 aliphatic rings. The Hall–Kier alpha value is -3.30. The minimum absolute atomic E-state index is 0.201. The second-order valence-corrected chi connectivity index (χ2v) is 10.4. The average molecular weight is 513 g/mol. The number of pyridine rings is 1. The molecule has 1 aromatic carbocycles. The number of hydrogen-bond acceptors (Lipinski definition) is 6. The standard InChI is InChI=1S/C27H31F3N6O/c1-37-23-14-21(10-11-31-23)35-15-18-8-9-19(16-35)24(18)32-26-33-25-22(7-2-3-12-36(25)34-26)17-5-4-6-20(13-17)27(28,29)30/h4-6,10-11,13-14,18-19,22,24H,2-3,7-9,12,15-16H2,1H3,(H,32,34)/t18-,19-,22?/m1/s1. The summed E-state index contributed by atoms with van der Waals surface area (Å²) in [5.41, 5.74) is 1.16. The highest BCUT2D eigenvalue weighted by Gasteiger charge is 2.43. The van der Waals surface area contributed by atoms with Gasteiger partial charge >= 0.3 is 6.18 Å². The summed E-state index contributed by atoms with van der Waals surface area (Å²) in [5.74, 6) is 2.68. The number of benzene rings is 1. The molecular weight excluding hydrogens is 481 g/mol. The molecule has 1 saturated carbocycles. The van der Waals surface area contributed by atoms with E-state index in [1.807, 2.05) is 16.8 Å². The Morgan fingerprint density at radius 2 is 1.84 bits per heavy atom. The van der Waals surface area contributed by atoms with Crippen LogP contribution in [0.1, 0.15) is 55.0 Å². The van der Waals surface area contributed by atoms with Crippen molar-refractivity contribution in [2.45, 2.75) is 56.8 Å². The van der Waals surface area contributed by atoms with Crippen LogP contribution in [0.5, 0.6) is 5.88 Å². The normalized spacial score (nSPS) is 25.5. The number of nitrogens with zero attached hydrogens (tertiary/aromatic N) is 5. The third kappa shape index (κ3) is 4.73. The molecule has 0 amide bonds. The van der Waals surface area contributed by atoms with Crippen molar-refractivity contribution in [1.82, 2.24) is 19.7 Å². The summed E-state index contributed by atoms with van der Waals surface area (Å²) in [6, 6.07) is 9.95. The molecule has 7 nitrogen and oxygen atoms in total. The molecule has 1 N–H and O–H groups in total. The molecule has 196 valence electrons. The minimum atomic E-state index is -4.36. The molecule has 1 saturated heterocycles. The van der Waals surface area contributed by atoms with Gasteiger partial charge in [0.05, 0.1) is 12.7 Å². The van der Waals surface area contributed by atoms with Crippen molar-refractivity contribution in [3.63, 3.8) is 0 Å². The molecule has 0 spiro atoms. The van der Waals surface area contributed by atoms with Crippen LogP contribution in [-0.4, -0.2) is 46.0 Å². The Kier molecular flexibility index (Phi) is 6.20. The average Bonchev–Trinajstić information content (AvgIpc) is 3.30. The number of halogens is 3. The van der Waals surface area contributed by atoms with E-state index in [-0.39, 0.29) is 12.0 Å². The molecular formula is C27H31F3N6O. The highest BCUT2D eigenvalue weighted by atomic mass is 19.4. The number of nitrogens with one attached hydrogen (secondary N) is 1. The van der Waals surface area contributed by atoms with Crippen molar-refractivity contribution in [1.29, 1.82) is 0 Å². The van der Waals surface area contributed by atoms with E-state index in [4.69, 9.17) is 14.8 Å². The van der Waals surface area contributed by atoms with Gasteiger partial charge in [-0.05, 0) is 55.2 Å². The zero-order chi connectivity index (χ0) is 25.6. The zero-order valence-corrected chi connectivity index (χ0v) is 20.8. The van der Waals surface area contributed by atoms with Crippen LogP contribution in [0.4, 0.5) is 24.8 Å². The van der Waals surface area contributed by atoms with Gasteiger partial charge in [-0.15, -0.1) is 5.10 Å². The molecule has 2 aliphatic heterocycles. The number of rotatable bonds is 5. The van der Waals surface area contributed by atoms with Gasteiger partial charge in [-0.25, -0.2) is 9.67 Å². The highest BCUT2D eigenvalue weighted by molar-refractivity contribution is 5.49. The molecule has 2 bridgehead atoms. The largest absolute Gasteiger partial charge is 0.481 e. The fourth-order valence-corrected chi connectivity index (χ4v) is 6.35. The third-order valence-corrected chi connectivity index (χ3v) is 8.16. The quantitative estimate of drug-likeness (QED) is 0.498. The van der Waals surface area contributed by atoms with E-state index in [0.717, 1.165) is 69.3 Å². The number of anilines is 2. The van der Waals surface area contributed by atoms with Gasteiger partial charge in [-0.1, -0.05) is 24.6 Å². The predicted octanol–water partition coefficient (Wildman–Crippen LogP) is 5.34. The Morgan fingerprint density at radius 1 is 1.03 bits per heavy atom. The first-order chi connectivity index (χ1) is 17.9. The summed E-state index contributed by atoms with van der Waals surface area (Å²) in [4.78, 5) is 11.5. The maximum atomic E-state index is 13.4. The SMILES string of the molecule is COc1cc(N2C[C@H]3CC[C@H](C2)C3Nc2nc3n(n2)CCCCC3c2cccc(C(F)(F)F)c2)ccn1. The monoisotopic (exact) mass is 512 g/mol. The minimum Gasteiger partial charge on any atom is -0.481 e. The van der Waals surface area contributed by atoms with E-state index in [0.29, 0.717) is 29.2 Å². The van der Waals surface area contributed by atoms with Crippen LogP contribution in [0.25, 0.3) is 0 Å². The summed E-state index contributed by atoms with van der Waals surface area (Å²) < 4.78 is 47.3. The highest BCUT2D eigenvalue weighted by Crippen LogP contribution is 2.41. The lowest BCUT2D eigenvalue weighted by molar-refractivity contribution is -0.137. The lowest BCUT2D eigenvalue weighted by atomic mass is 9.91. The summed E-state index contributed by atoms with van der Waals surface area (Å²) >= 11 is 0. The van der Waals surface area contributed by atoms with Crippen LogP contribution >= 0.6 is 0 Å². The number of alkyl halides is 3. The number of fused-ring (bicyclic) bond motifs is 3. The molecule has 37 heavy (non-hydrogen) atoms. The third-order valence-electron chi connectivity index (χ3n) is 8.16. The van der Waals surface area contributed by atoms with Crippen molar-refractivity contribution < 1.29 is 17.9 Å². The van der Waals surface area contributed by atoms with Crippen LogP contribution in [0.3, 0.4) is 0 Å². The summed E-state index contributed by atoms with van der Waals surface area (Å²) in [5, 5.41) is 8.42. The maximum absolute atomic E-state index is 13.4.